The summed E-state index contributed by atoms with van der Waals surface area (Å²) in [5, 5.41) is 29.6. The number of benzene rings is 2. The molecule has 2 rings (SSSR count). The Labute approximate surface area is 184 Å². The van der Waals surface area contributed by atoms with Gasteiger partial charge in [-0.15, -0.1) is 5.73 Å². The van der Waals surface area contributed by atoms with Gasteiger partial charge in [0.2, 0.25) is 0 Å². The number of methoxy groups -OCH3 is 1. The molecule has 2 aromatic rings. The lowest BCUT2D eigenvalue weighted by Gasteiger charge is -2.13. The van der Waals surface area contributed by atoms with E-state index in [9.17, 15) is 10.2 Å². The van der Waals surface area contributed by atoms with Crippen molar-refractivity contribution in [1.29, 1.82) is 0 Å². The monoisotopic (exact) mass is 428 g/mol. The van der Waals surface area contributed by atoms with Crippen LogP contribution in [0.25, 0.3) is 0 Å². The van der Waals surface area contributed by atoms with Gasteiger partial charge in [0.25, 0.3) is 0 Å². The Bertz CT molecular complexity index is 814. The predicted octanol–water partition coefficient (Wildman–Crippen LogP) is 3.18. The zero-order chi connectivity index (χ0) is 22.3. The van der Waals surface area contributed by atoms with Crippen molar-refractivity contribution in [3.8, 4) is 5.75 Å². The molecule has 6 nitrogen and oxygen atoms in total. The molecular formula is C25H32O6. The minimum absolute atomic E-state index is 0.0638. The van der Waals surface area contributed by atoms with Gasteiger partial charge in [-0.1, -0.05) is 42.5 Å². The number of hydrogen-bond donors (Lipinski definition) is 3. The van der Waals surface area contributed by atoms with Crippen LogP contribution in [0.4, 0.5) is 0 Å². The fourth-order valence-electron chi connectivity index (χ4n) is 2.99. The maximum atomic E-state index is 10.4. The Kier molecular flexibility index (Phi) is 11.6. The summed E-state index contributed by atoms with van der Waals surface area (Å²) < 4.78 is 16.2. The van der Waals surface area contributed by atoms with E-state index in [0.29, 0.717) is 31.8 Å². The van der Waals surface area contributed by atoms with Crippen molar-refractivity contribution in [3.63, 3.8) is 0 Å². The molecule has 0 aliphatic rings. The van der Waals surface area contributed by atoms with Crippen molar-refractivity contribution < 1.29 is 29.5 Å². The topological polar surface area (TPSA) is 88.4 Å². The average Bonchev–Trinajstić information content (AvgIpc) is 2.78. The molecule has 0 radical (unpaired) electrons. The average molecular weight is 429 g/mol. The second-order valence-corrected chi connectivity index (χ2v) is 7.14. The minimum atomic E-state index is -0.715. The fraction of sp³-hybridized carbons (Fsp3) is 0.400. The van der Waals surface area contributed by atoms with Gasteiger partial charge >= 0.3 is 0 Å². The third-order valence-corrected chi connectivity index (χ3v) is 4.47. The first-order valence-electron chi connectivity index (χ1n) is 10.4. The highest BCUT2D eigenvalue weighted by molar-refractivity contribution is 5.30. The molecule has 0 heterocycles. The summed E-state index contributed by atoms with van der Waals surface area (Å²) in [6.45, 7) is 1.15. The normalized spacial score (nSPS) is 12.6. The SMILES string of the molecule is COCC(=C=CC[C@@H](O)c1cccc(OCCO)c1)C[C@@H](O)COCc1ccccc1. The fourth-order valence-corrected chi connectivity index (χ4v) is 2.99. The zero-order valence-electron chi connectivity index (χ0n) is 17.9. The standard InChI is InChI=1S/C25H32O6/c1-29-17-21(15-23(27)19-30-18-20-7-3-2-4-8-20)9-5-12-25(28)22-10-6-11-24(16-22)31-14-13-26/h2-8,10-11,16,23,25-28H,12-15,17-19H2,1H3/t9?,23-,25-/m1/s1. The summed E-state index contributed by atoms with van der Waals surface area (Å²) in [6, 6.07) is 17.0. The summed E-state index contributed by atoms with van der Waals surface area (Å²) in [5.41, 5.74) is 5.71. The van der Waals surface area contributed by atoms with E-state index in [1.54, 1.807) is 31.4 Å². The van der Waals surface area contributed by atoms with Gasteiger partial charge in [-0.3, -0.25) is 0 Å². The number of hydrogen-bond acceptors (Lipinski definition) is 6. The Morgan fingerprint density at radius 2 is 1.90 bits per heavy atom. The maximum absolute atomic E-state index is 10.4. The molecule has 6 heteroatoms. The predicted molar refractivity (Wildman–Crippen MR) is 119 cm³/mol. The maximum Gasteiger partial charge on any atom is 0.119 e. The van der Waals surface area contributed by atoms with Crippen LogP contribution in [-0.2, 0) is 16.1 Å². The van der Waals surface area contributed by atoms with E-state index >= 15 is 0 Å². The third-order valence-electron chi connectivity index (χ3n) is 4.47. The van der Waals surface area contributed by atoms with Crippen molar-refractivity contribution in [2.75, 3.05) is 33.5 Å². The molecule has 168 valence electrons. The lowest BCUT2D eigenvalue weighted by Crippen LogP contribution is -2.17. The van der Waals surface area contributed by atoms with Crippen LogP contribution < -0.4 is 4.74 Å². The third kappa shape index (κ3) is 9.94. The number of aliphatic hydroxyl groups is 3. The molecule has 2 atom stereocenters. The van der Waals surface area contributed by atoms with Gasteiger partial charge < -0.3 is 29.5 Å². The first kappa shape index (κ1) is 24.8. The van der Waals surface area contributed by atoms with Gasteiger partial charge in [0.05, 0.1) is 38.6 Å². The highest BCUT2D eigenvalue weighted by atomic mass is 16.5. The largest absolute Gasteiger partial charge is 0.491 e. The molecule has 31 heavy (non-hydrogen) atoms. The van der Waals surface area contributed by atoms with Gasteiger partial charge in [-0.05, 0) is 34.9 Å². The smallest absolute Gasteiger partial charge is 0.119 e. The summed E-state index contributed by atoms with van der Waals surface area (Å²) in [7, 11) is 1.59. The van der Waals surface area contributed by atoms with E-state index < -0.39 is 12.2 Å². The van der Waals surface area contributed by atoms with Gasteiger partial charge in [0.15, 0.2) is 0 Å². The highest BCUT2D eigenvalue weighted by Crippen LogP contribution is 2.22. The van der Waals surface area contributed by atoms with E-state index in [1.807, 2.05) is 36.4 Å². The lowest BCUT2D eigenvalue weighted by molar-refractivity contribution is 0.0273. The van der Waals surface area contributed by atoms with Crippen LogP contribution in [0.1, 0.15) is 30.1 Å². The molecule has 0 saturated heterocycles. The van der Waals surface area contributed by atoms with Gasteiger partial charge in [-0.25, -0.2) is 0 Å². The molecule has 0 amide bonds. The van der Waals surface area contributed by atoms with Crippen molar-refractivity contribution in [2.24, 2.45) is 0 Å². The van der Waals surface area contributed by atoms with Gasteiger partial charge in [0, 0.05) is 20.0 Å². The van der Waals surface area contributed by atoms with Crippen molar-refractivity contribution >= 4 is 0 Å². The van der Waals surface area contributed by atoms with Crippen LogP contribution in [-0.4, -0.2) is 55.0 Å². The van der Waals surface area contributed by atoms with Crippen LogP contribution in [0.2, 0.25) is 0 Å². The van der Waals surface area contributed by atoms with E-state index in [-0.39, 0.29) is 19.8 Å². The first-order valence-corrected chi connectivity index (χ1v) is 10.4. The number of ether oxygens (including phenoxy) is 3. The van der Waals surface area contributed by atoms with Crippen molar-refractivity contribution in [3.05, 3.63) is 83.1 Å². The molecule has 0 saturated carbocycles. The Morgan fingerprint density at radius 3 is 2.65 bits per heavy atom. The van der Waals surface area contributed by atoms with Gasteiger partial charge in [0.1, 0.15) is 12.4 Å². The highest BCUT2D eigenvalue weighted by Gasteiger charge is 2.09. The molecule has 0 fully saturated rings. The molecular weight excluding hydrogens is 396 g/mol. The minimum Gasteiger partial charge on any atom is -0.491 e. The van der Waals surface area contributed by atoms with Gasteiger partial charge in [-0.2, -0.15) is 0 Å². The molecule has 0 aliphatic carbocycles. The van der Waals surface area contributed by atoms with Crippen LogP contribution in [0.15, 0.2) is 72.0 Å². The van der Waals surface area contributed by atoms with Crippen LogP contribution >= 0.6 is 0 Å². The lowest BCUT2D eigenvalue weighted by atomic mass is 10.1. The molecule has 3 N–H and O–H groups in total. The first-order chi connectivity index (χ1) is 15.1. The molecule has 0 unspecified atom stereocenters. The Morgan fingerprint density at radius 1 is 1.10 bits per heavy atom. The van der Waals surface area contributed by atoms with E-state index in [4.69, 9.17) is 19.3 Å². The Hall–Kier alpha value is -2.44. The second kappa shape index (κ2) is 14.5. The molecule has 2 aromatic carbocycles. The summed E-state index contributed by atoms with van der Waals surface area (Å²) >= 11 is 0. The molecule has 0 aromatic heterocycles. The summed E-state index contributed by atoms with van der Waals surface area (Å²) in [6.07, 6.45) is 1.10. The van der Waals surface area contributed by atoms with E-state index in [2.05, 4.69) is 5.73 Å². The number of aliphatic hydroxyl groups excluding tert-OH is 3. The van der Waals surface area contributed by atoms with Crippen LogP contribution in [0.5, 0.6) is 5.75 Å². The molecule has 0 bridgehead atoms. The number of rotatable bonds is 14. The second-order valence-electron chi connectivity index (χ2n) is 7.14. The molecule has 0 aliphatic heterocycles. The van der Waals surface area contributed by atoms with E-state index in [0.717, 1.165) is 16.7 Å². The van der Waals surface area contributed by atoms with E-state index in [1.165, 1.54) is 0 Å². The van der Waals surface area contributed by atoms with Crippen molar-refractivity contribution in [2.45, 2.75) is 31.7 Å². The van der Waals surface area contributed by atoms with Crippen molar-refractivity contribution in [1.82, 2.24) is 0 Å². The summed E-state index contributed by atoms with van der Waals surface area (Å²) in [5.74, 6) is 0.601. The van der Waals surface area contributed by atoms with Crippen LogP contribution in [0.3, 0.4) is 0 Å². The summed E-state index contributed by atoms with van der Waals surface area (Å²) in [4.78, 5) is 0. The zero-order valence-corrected chi connectivity index (χ0v) is 17.9. The Balaban J connectivity index is 1.86. The quantitative estimate of drug-likeness (QED) is 0.401. The van der Waals surface area contributed by atoms with Crippen LogP contribution in [0, 0.1) is 0 Å². The molecule has 0 spiro atoms.